The Labute approximate surface area is 101 Å². The standard InChI is InChI=1S/C13H17NOS/c1-9(2)7-10-3-5-11(6-4-10)16-13-8-12(15)14-13/h3-6,9,13H,7-8H2,1-2H3,(H,14,15). The van der Waals surface area contributed by atoms with Crippen LogP contribution in [0.5, 0.6) is 0 Å². The van der Waals surface area contributed by atoms with E-state index in [9.17, 15) is 4.79 Å². The van der Waals surface area contributed by atoms with Crippen molar-refractivity contribution in [2.24, 2.45) is 5.92 Å². The van der Waals surface area contributed by atoms with Crippen LogP contribution in [-0.2, 0) is 11.2 Å². The summed E-state index contributed by atoms with van der Waals surface area (Å²) in [6, 6.07) is 8.66. The fourth-order valence-corrected chi connectivity index (χ4v) is 2.78. The Morgan fingerprint density at radius 2 is 2.00 bits per heavy atom. The fraction of sp³-hybridized carbons (Fsp3) is 0.462. The molecule has 1 saturated heterocycles. The summed E-state index contributed by atoms with van der Waals surface area (Å²) in [5, 5.41) is 3.14. The van der Waals surface area contributed by atoms with Gasteiger partial charge in [-0.2, -0.15) is 0 Å². The lowest BCUT2D eigenvalue weighted by atomic mass is 10.0. The highest BCUT2D eigenvalue weighted by Gasteiger charge is 2.25. The third-order valence-corrected chi connectivity index (χ3v) is 3.65. The van der Waals surface area contributed by atoms with Gasteiger partial charge in [0.05, 0.1) is 11.8 Å². The van der Waals surface area contributed by atoms with E-state index in [1.807, 2.05) is 0 Å². The largest absolute Gasteiger partial charge is 0.343 e. The summed E-state index contributed by atoms with van der Waals surface area (Å²) in [4.78, 5) is 12.0. The number of nitrogens with one attached hydrogen (secondary N) is 1. The molecule has 3 heteroatoms. The van der Waals surface area contributed by atoms with Gasteiger partial charge in [0.2, 0.25) is 5.91 Å². The number of amides is 1. The summed E-state index contributed by atoms with van der Waals surface area (Å²) in [6.07, 6.45) is 1.78. The number of rotatable bonds is 4. The molecule has 1 N–H and O–H groups in total. The van der Waals surface area contributed by atoms with E-state index in [1.165, 1.54) is 10.5 Å². The van der Waals surface area contributed by atoms with E-state index in [0.717, 1.165) is 6.42 Å². The molecule has 1 unspecified atom stereocenters. The maximum absolute atomic E-state index is 10.8. The molecule has 1 fully saturated rings. The first-order chi connectivity index (χ1) is 7.63. The highest BCUT2D eigenvalue weighted by Crippen LogP contribution is 2.28. The Kier molecular flexibility index (Phi) is 3.54. The average molecular weight is 235 g/mol. The van der Waals surface area contributed by atoms with Crippen LogP contribution in [0.4, 0.5) is 0 Å². The Morgan fingerprint density at radius 3 is 2.50 bits per heavy atom. The quantitative estimate of drug-likeness (QED) is 0.813. The second kappa shape index (κ2) is 4.91. The van der Waals surface area contributed by atoms with Crippen molar-refractivity contribution in [1.29, 1.82) is 0 Å². The van der Waals surface area contributed by atoms with Crippen molar-refractivity contribution >= 4 is 17.7 Å². The van der Waals surface area contributed by atoms with Crippen molar-refractivity contribution < 1.29 is 4.79 Å². The number of β-lactam (4-membered cyclic amide) rings is 1. The van der Waals surface area contributed by atoms with Gasteiger partial charge in [-0.1, -0.05) is 26.0 Å². The van der Waals surface area contributed by atoms with Gasteiger partial charge in [0.25, 0.3) is 0 Å². The third-order valence-electron chi connectivity index (χ3n) is 2.54. The molecule has 2 nitrogen and oxygen atoms in total. The predicted molar refractivity (Wildman–Crippen MR) is 67.4 cm³/mol. The molecule has 1 aromatic rings. The zero-order chi connectivity index (χ0) is 11.5. The molecule has 0 aliphatic carbocycles. The topological polar surface area (TPSA) is 29.1 Å². The van der Waals surface area contributed by atoms with E-state index in [4.69, 9.17) is 0 Å². The Bertz CT molecular complexity index is 364. The lowest BCUT2D eigenvalue weighted by molar-refractivity contribution is -0.126. The molecule has 0 aromatic heterocycles. The predicted octanol–water partition coefficient (Wildman–Crippen LogP) is 2.82. The minimum Gasteiger partial charge on any atom is -0.343 e. The van der Waals surface area contributed by atoms with Gasteiger partial charge in [0.1, 0.15) is 0 Å². The molecule has 1 aliphatic rings. The molecule has 86 valence electrons. The smallest absolute Gasteiger partial charge is 0.223 e. The fourth-order valence-electron chi connectivity index (χ4n) is 1.74. The summed E-state index contributed by atoms with van der Waals surface area (Å²) in [7, 11) is 0. The van der Waals surface area contributed by atoms with E-state index < -0.39 is 0 Å². The summed E-state index contributed by atoms with van der Waals surface area (Å²) in [6.45, 7) is 4.46. The first-order valence-corrected chi connectivity index (χ1v) is 6.56. The number of hydrogen-bond acceptors (Lipinski definition) is 2. The minimum atomic E-state index is 0.161. The molecule has 1 amide bonds. The van der Waals surface area contributed by atoms with Gasteiger partial charge >= 0.3 is 0 Å². The first-order valence-electron chi connectivity index (χ1n) is 5.68. The van der Waals surface area contributed by atoms with Crippen molar-refractivity contribution in [3.05, 3.63) is 29.8 Å². The van der Waals surface area contributed by atoms with E-state index in [1.54, 1.807) is 11.8 Å². The molecule has 1 aromatic carbocycles. The second-order valence-electron chi connectivity index (χ2n) is 4.62. The van der Waals surface area contributed by atoms with Crippen LogP contribution in [-0.4, -0.2) is 11.3 Å². The lowest BCUT2D eigenvalue weighted by Crippen LogP contribution is -2.46. The van der Waals surface area contributed by atoms with Crippen LogP contribution in [0, 0.1) is 5.92 Å². The SMILES string of the molecule is CC(C)Cc1ccc(SC2CC(=O)N2)cc1. The van der Waals surface area contributed by atoms with Crippen LogP contribution in [0.3, 0.4) is 0 Å². The zero-order valence-corrected chi connectivity index (χ0v) is 10.5. The lowest BCUT2D eigenvalue weighted by Gasteiger charge is -2.26. The normalized spacial score (nSPS) is 19.4. The molecule has 16 heavy (non-hydrogen) atoms. The van der Waals surface area contributed by atoms with Crippen LogP contribution in [0.15, 0.2) is 29.2 Å². The summed E-state index contributed by atoms with van der Waals surface area (Å²) in [5.74, 6) is 0.860. The van der Waals surface area contributed by atoms with Crippen LogP contribution in [0.1, 0.15) is 25.8 Å². The minimum absolute atomic E-state index is 0.161. The van der Waals surface area contributed by atoms with Crippen molar-refractivity contribution in [2.45, 2.75) is 37.0 Å². The highest BCUT2D eigenvalue weighted by atomic mass is 32.2. The van der Waals surface area contributed by atoms with E-state index in [0.29, 0.717) is 12.3 Å². The van der Waals surface area contributed by atoms with Crippen molar-refractivity contribution in [3.63, 3.8) is 0 Å². The molecule has 1 aliphatic heterocycles. The summed E-state index contributed by atoms with van der Waals surface area (Å²) >= 11 is 1.73. The van der Waals surface area contributed by atoms with Gasteiger partial charge in [-0.05, 0) is 30.0 Å². The highest BCUT2D eigenvalue weighted by molar-refractivity contribution is 8.00. The van der Waals surface area contributed by atoms with E-state index in [2.05, 4.69) is 43.4 Å². The maximum Gasteiger partial charge on any atom is 0.223 e. The monoisotopic (exact) mass is 235 g/mol. The molecule has 1 heterocycles. The molecule has 2 rings (SSSR count). The molecule has 0 saturated carbocycles. The Morgan fingerprint density at radius 1 is 1.38 bits per heavy atom. The number of carbonyl (C=O) groups is 1. The van der Waals surface area contributed by atoms with Gasteiger partial charge in [0, 0.05) is 4.90 Å². The molecule has 0 spiro atoms. The Balaban J connectivity index is 1.89. The van der Waals surface area contributed by atoms with E-state index >= 15 is 0 Å². The third kappa shape index (κ3) is 3.01. The van der Waals surface area contributed by atoms with Crippen LogP contribution in [0.2, 0.25) is 0 Å². The molecular weight excluding hydrogens is 218 g/mol. The van der Waals surface area contributed by atoms with Crippen LogP contribution < -0.4 is 5.32 Å². The summed E-state index contributed by atoms with van der Waals surface area (Å²) in [5.41, 5.74) is 1.39. The van der Waals surface area contributed by atoms with E-state index in [-0.39, 0.29) is 11.3 Å². The Hall–Kier alpha value is -0.960. The number of hydrogen-bond donors (Lipinski definition) is 1. The van der Waals surface area contributed by atoms with Gasteiger partial charge < -0.3 is 5.32 Å². The number of thioether (sulfide) groups is 1. The van der Waals surface area contributed by atoms with Gasteiger partial charge in [-0.25, -0.2) is 0 Å². The van der Waals surface area contributed by atoms with Crippen molar-refractivity contribution in [1.82, 2.24) is 5.32 Å². The number of carbonyl (C=O) groups excluding carboxylic acids is 1. The van der Waals surface area contributed by atoms with Crippen molar-refractivity contribution in [3.8, 4) is 0 Å². The van der Waals surface area contributed by atoms with Gasteiger partial charge in [0.15, 0.2) is 0 Å². The molecular formula is C13H17NOS. The van der Waals surface area contributed by atoms with Gasteiger partial charge in [-0.3, -0.25) is 4.79 Å². The molecule has 0 bridgehead atoms. The average Bonchev–Trinajstić information content (AvgIpc) is 2.18. The summed E-state index contributed by atoms with van der Waals surface area (Å²) < 4.78 is 0. The maximum atomic E-state index is 10.8. The van der Waals surface area contributed by atoms with Crippen LogP contribution >= 0.6 is 11.8 Å². The van der Waals surface area contributed by atoms with Gasteiger partial charge in [-0.15, -0.1) is 11.8 Å². The van der Waals surface area contributed by atoms with Crippen LogP contribution in [0.25, 0.3) is 0 Å². The molecule has 0 radical (unpaired) electrons. The number of benzene rings is 1. The second-order valence-corrected chi connectivity index (χ2v) is 5.90. The van der Waals surface area contributed by atoms with Crippen molar-refractivity contribution in [2.75, 3.05) is 0 Å². The first kappa shape index (κ1) is 11.5. The zero-order valence-electron chi connectivity index (χ0n) is 9.69. The molecule has 1 atom stereocenters.